The predicted molar refractivity (Wildman–Crippen MR) is 61.1 cm³/mol. The van der Waals surface area contributed by atoms with Gasteiger partial charge >= 0.3 is 0 Å². The van der Waals surface area contributed by atoms with E-state index in [0.29, 0.717) is 12.2 Å². The Labute approximate surface area is 91.0 Å². The molecule has 0 aliphatic carbocycles. The second-order valence-electron chi connectivity index (χ2n) is 3.29. The number of thiazole rings is 1. The summed E-state index contributed by atoms with van der Waals surface area (Å²) in [6, 6.07) is 3.07. The highest BCUT2D eigenvalue weighted by molar-refractivity contribution is 7.11. The van der Waals surface area contributed by atoms with Crippen LogP contribution in [0.3, 0.4) is 0 Å². The van der Waals surface area contributed by atoms with Gasteiger partial charge in [-0.15, -0.1) is 11.3 Å². The van der Waals surface area contributed by atoms with Gasteiger partial charge in [-0.05, 0) is 13.0 Å². The zero-order chi connectivity index (χ0) is 10.8. The molecule has 0 atom stereocenters. The minimum atomic E-state index is -0.0583. The lowest BCUT2D eigenvalue weighted by Crippen LogP contribution is -2.19. The Morgan fingerprint density at radius 1 is 1.53 bits per heavy atom. The molecule has 15 heavy (non-hydrogen) atoms. The molecule has 0 radical (unpaired) electrons. The van der Waals surface area contributed by atoms with Crippen LogP contribution in [0.2, 0.25) is 0 Å². The quantitative estimate of drug-likeness (QED) is 0.830. The van der Waals surface area contributed by atoms with Gasteiger partial charge in [0.25, 0.3) is 5.56 Å². The van der Waals surface area contributed by atoms with Gasteiger partial charge in [-0.2, -0.15) is 0 Å². The molecule has 0 amide bonds. The second kappa shape index (κ2) is 3.86. The third-order valence-corrected chi connectivity index (χ3v) is 2.88. The molecule has 0 spiro atoms. The Morgan fingerprint density at radius 2 is 2.33 bits per heavy atom. The van der Waals surface area contributed by atoms with Crippen molar-refractivity contribution in [2.75, 3.05) is 5.73 Å². The molecular formula is C10H11N3OS. The van der Waals surface area contributed by atoms with Crippen LogP contribution in [0.15, 0.2) is 29.3 Å². The van der Waals surface area contributed by atoms with Crippen molar-refractivity contribution in [2.45, 2.75) is 13.5 Å². The summed E-state index contributed by atoms with van der Waals surface area (Å²) in [5, 5.41) is 0.917. The van der Waals surface area contributed by atoms with Crippen molar-refractivity contribution in [3.8, 4) is 0 Å². The summed E-state index contributed by atoms with van der Waals surface area (Å²) in [7, 11) is 0. The molecule has 4 nitrogen and oxygen atoms in total. The first-order valence-corrected chi connectivity index (χ1v) is 5.34. The number of pyridine rings is 1. The summed E-state index contributed by atoms with van der Waals surface area (Å²) in [5.41, 5.74) is 6.14. The van der Waals surface area contributed by atoms with Gasteiger partial charge in [-0.25, -0.2) is 4.98 Å². The number of aromatic nitrogens is 2. The molecule has 0 unspecified atom stereocenters. The molecule has 2 aromatic rings. The fourth-order valence-electron chi connectivity index (χ4n) is 1.29. The van der Waals surface area contributed by atoms with Crippen LogP contribution in [0.25, 0.3) is 0 Å². The summed E-state index contributed by atoms with van der Waals surface area (Å²) < 4.78 is 1.56. The van der Waals surface area contributed by atoms with E-state index in [9.17, 15) is 4.79 Å². The summed E-state index contributed by atoms with van der Waals surface area (Å²) in [4.78, 5) is 16.8. The molecule has 5 heteroatoms. The Kier molecular flexibility index (Phi) is 2.55. The van der Waals surface area contributed by atoms with E-state index in [1.165, 1.54) is 6.07 Å². The van der Waals surface area contributed by atoms with Gasteiger partial charge < -0.3 is 10.3 Å². The third-order valence-electron chi connectivity index (χ3n) is 1.98. The first-order valence-electron chi connectivity index (χ1n) is 4.52. The topological polar surface area (TPSA) is 60.9 Å². The van der Waals surface area contributed by atoms with Crippen LogP contribution < -0.4 is 11.3 Å². The van der Waals surface area contributed by atoms with Gasteiger partial charge in [0, 0.05) is 29.0 Å². The smallest absolute Gasteiger partial charge is 0.251 e. The monoisotopic (exact) mass is 221 g/mol. The number of anilines is 1. The fourth-order valence-corrected chi connectivity index (χ4v) is 2.08. The molecule has 0 aliphatic heterocycles. The van der Waals surface area contributed by atoms with Crippen molar-refractivity contribution in [3.63, 3.8) is 0 Å². The Morgan fingerprint density at radius 3 is 3.00 bits per heavy atom. The molecule has 2 heterocycles. The number of aryl methyl sites for hydroxylation is 1. The molecule has 0 saturated heterocycles. The fraction of sp³-hybridized carbons (Fsp3) is 0.200. The number of hydrogen-bond donors (Lipinski definition) is 1. The van der Waals surface area contributed by atoms with E-state index in [-0.39, 0.29) is 5.56 Å². The summed E-state index contributed by atoms with van der Waals surface area (Å²) in [6.45, 7) is 2.48. The van der Waals surface area contributed by atoms with Gasteiger partial charge in [0.2, 0.25) is 0 Å². The van der Waals surface area contributed by atoms with E-state index in [0.717, 1.165) is 9.88 Å². The van der Waals surface area contributed by atoms with Crippen molar-refractivity contribution >= 4 is 17.0 Å². The lowest BCUT2D eigenvalue weighted by atomic mass is 10.4. The normalized spacial score (nSPS) is 10.5. The number of nitrogens with zero attached hydrogens (tertiary/aromatic N) is 2. The van der Waals surface area contributed by atoms with E-state index in [2.05, 4.69) is 4.98 Å². The third kappa shape index (κ3) is 2.24. The number of nitrogen functional groups attached to an aromatic ring is 1. The van der Waals surface area contributed by atoms with Crippen LogP contribution in [0.4, 0.5) is 5.69 Å². The van der Waals surface area contributed by atoms with E-state index >= 15 is 0 Å². The molecule has 0 saturated carbocycles. The van der Waals surface area contributed by atoms with Gasteiger partial charge in [0.15, 0.2) is 0 Å². The minimum absolute atomic E-state index is 0.0583. The molecule has 2 rings (SSSR count). The van der Waals surface area contributed by atoms with E-state index in [4.69, 9.17) is 5.73 Å². The summed E-state index contributed by atoms with van der Waals surface area (Å²) >= 11 is 1.59. The zero-order valence-corrected chi connectivity index (χ0v) is 9.12. The Balaban J connectivity index is 2.31. The average molecular weight is 221 g/mol. The maximum atomic E-state index is 11.5. The maximum Gasteiger partial charge on any atom is 0.251 e. The van der Waals surface area contributed by atoms with E-state index in [1.807, 2.05) is 6.92 Å². The molecule has 2 N–H and O–H groups in total. The minimum Gasteiger partial charge on any atom is -0.398 e. The zero-order valence-electron chi connectivity index (χ0n) is 8.30. The number of hydrogen-bond acceptors (Lipinski definition) is 4. The first-order chi connectivity index (χ1) is 7.15. The molecule has 78 valence electrons. The van der Waals surface area contributed by atoms with E-state index in [1.54, 1.807) is 34.4 Å². The second-order valence-corrected chi connectivity index (χ2v) is 4.61. The van der Waals surface area contributed by atoms with Crippen molar-refractivity contribution in [1.29, 1.82) is 0 Å². The van der Waals surface area contributed by atoms with Gasteiger partial charge in [-0.1, -0.05) is 0 Å². The van der Waals surface area contributed by atoms with Gasteiger partial charge in [0.05, 0.1) is 6.54 Å². The number of rotatable bonds is 2. The highest BCUT2D eigenvalue weighted by atomic mass is 32.1. The lowest BCUT2D eigenvalue weighted by molar-refractivity contribution is 0.756. The maximum absolute atomic E-state index is 11.5. The van der Waals surface area contributed by atoms with Crippen LogP contribution in [0.5, 0.6) is 0 Å². The van der Waals surface area contributed by atoms with Crippen LogP contribution in [0, 0.1) is 6.92 Å². The average Bonchev–Trinajstić information content (AvgIpc) is 2.58. The predicted octanol–water partition coefficient (Wildman–Crippen LogP) is 1.24. The van der Waals surface area contributed by atoms with Crippen molar-refractivity contribution < 1.29 is 0 Å². The van der Waals surface area contributed by atoms with Crippen LogP contribution in [-0.4, -0.2) is 9.55 Å². The molecular weight excluding hydrogens is 210 g/mol. The first kappa shape index (κ1) is 9.92. The largest absolute Gasteiger partial charge is 0.398 e. The van der Waals surface area contributed by atoms with Crippen LogP contribution in [0.1, 0.15) is 9.88 Å². The van der Waals surface area contributed by atoms with Gasteiger partial charge in [0.1, 0.15) is 5.01 Å². The molecule has 0 bridgehead atoms. The SMILES string of the molecule is Cc1cnc(Cn2cc(N)ccc2=O)s1. The van der Waals surface area contributed by atoms with Crippen LogP contribution >= 0.6 is 11.3 Å². The molecule has 2 aromatic heterocycles. The lowest BCUT2D eigenvalue weighted by Gasteiger charge is -2.03. The van der Waals surface area contributed by atoms with E-state index < -0.39 is 0 Å². The standard InChI is InChI=1S/C10H11N3OS/c1-7-4-12-9(15-7)6-13-5-8(11)2-3-10(13)14/h2-5H,6,11H2,1H3. The highest BCUT2D eigenvalue weighted by Crippen LogP contribution is 2.12. The van der Waals surface area contributed by atoms with Crippen molar-refractivity contribution in [1.82, 2.24) is 9.55 Å². The van der Waals surface area contributed by atoms with Crippen LogP contribution in [-0.2, 0) is 6.54 Å². The molecule has 0 aliphatic rings. The summed E-state index contributed by atoms with van der Waals surface area (Å²) in [6.07, 6.45) is 3.44. The molecule has 0 aromatic carbocycles. The van der Waals surface area contributed by atoms with Crippen molar-refractivity contribution in [3.05, 3.63) is 44.8 Å². The highest BCUT2D eigenvalue weighted by Gasteiger charge is 2.01. The summed E-state index contributed by atoms with van der Waals surface area (Å²) in [5.74, 6) is 0. The van der Waals surface area contributed by atoms with Gasteiger partial charge in [-0.3, -0.25) is 4.79 Å². The Hall–Kier alpha value is -1.62. The molecule has 0 fully saturated rings. The number of nitrogens with two attached hydrogens (primary N) is 1. The van der Waals surface area contributed by atoms with Crippen molar-refractivity contribution in [2.24, 2.45) is 0 Å². The Bertz CT molecular complexity index is 529.